The molecule has 0 saturated carbocycles. The van der Waals surface area contributed by atoms with Crippen LogP contribution in [0.4, 0.5) is 17.6 Å². The van der Waals surface area contributed by atoms with Crippen molar-refractivity contribution in [2.24, 2.45) is 0 Å². The standard InChI is InChI=1S/C14H9ClF4O/c15-9-2-1-7(10(16)6-9)5-13(20)8-3-11(17)14(19)12(18)4-8/h1-4,6,13,20H,5H2. The monoisotopic (exact) mass is 304 g/mol. The lowest BCUT2D eigenvalue weighted by molar-refractivity contribution is 0.175. The third-order valence-electron chi connectivity index (χ3n) is 2.82. The van der Waals surface area contributed by atoms with Crippen molar-refractivity contribution in [1.29, 1.82) is 0 Å². The molecule has 1 N–H and O–H groups in total. The lowest BCUT2D eigenvalue weighted by Gasteiger charge is -2.12. The van der Waals surface area contributed by atoms with Gasteiger partial charge in [0, 0.05) is 11.4 Å². The molecule has 0 aliphatic carbocycles. The summed E-state index contributed by atoms with van der Waals surface area (Å²) in [5.41, 5.74) is -0.0391. The first-order chi connectivity index (χ1) is 9.38. The van der Waals surface area contributed by atoms with Crippen LogP contribution < -0.4 is 0 Å². The summed E-state index contributed by atoms with van der Waals surface area (Å²) in [5, 5.41) is 10.0. The Morgan fingerprint density at radius 2 is 1.55 bits per heavy atom. The molecule has 1 atom stereocenters. The summed E-state index contributed by atoms with van der Waals surface area (Å²) < 4.78 is 52.5. The molecule has 2 aromatic rings. The van der Waals surface area contributed by atoms with Crippen LogP contribution in [-0.2, 0) is 6.42 Å². The first kappa shape index (κ1) is 14.8. The number of hydrogen-bond donors (Lipinski definition) is 1. The van der Waals surface area contributed by atoms with Gasteiger partial charge in [-0.05, 0) is 35.4 Å². The highest BCUT2D eigenvalue weighted by Gasteiger charge is 2.17. The summed E-state index contributed by atoms with van der Waals surface area (Å²) in [6.45, 7) is 0. The fourth-order valence-electron chi connectivity index (χ4n) is 1.78. The minimum absolute atomic E-state index is 0.132. The van der Waals surface area contributed by atoms with Gasteiger partial charge < -0.3 is 5.11 Å². The molecule has 6 heteroatoms. The summed E-state index contributed by atoms with van der Waals surface area (Å²) >= 11 is 5.59. The number of rotatable bonds is 3. The molecule has 0 spiro atoms. The Bertz CT molecular complexity index is 622. The van der Waals surface area contributed by atoms with Gasteiger partial charge >= 0.3 is 0 Å². The molecular weight excluding hydrogens is 296 g/mol. The van der Waals surface area contributed by atoms with Crippen LogP contribution in [0.1, 0.15) is 17.2 Å². The molecule has 0 saturated heterocycles. The van der Waals surface area contributed by atoms with Crippen LogP contribution in [0.5, 0.6) is 0 Å². The Balaban J connectivity index is 2.26. The van der Waals surface area contributed by atoms with Crippen molar-refractivity contribution in [1.82, 2.24) is 0 Å². The molecule has 0 bridgehead atoms. The van der Waals surface area contributed by atoms with Crippen molar-refractivity contribution < 1.29 is 22.7 Å². The molecular formula is C14H9ClF4O. The second-order valence-corrected chi connectivity index (χ2v) is 4.69. The van der Waals surface area contributed by atoms with Gasteiger partial charge in [-0.15, -0.1) is 0 Å². The van der Waals surface area contributed by atoms with E-state index in [0.717, 1.165) is 6.07 Å². The van der Waals surface area contributed by atoms with Crippen LogP contribution in [0.3, 0.4) is 0 Å². The third kappa shape index (κ3) is 3.11. The zero-order valence-electron chi connectivity index (χ0n) is 10.0. The minimum atomic E-state index is -1.61. The number of halogens is 5. The van der Waals surface area contributed by atoms with Gasteiger partial charge in [-0.25, -0.2) is 17.6 Å². The molecule has 1 unspecified atom stereocenters. The Morgan fingerprint density at radius 1 is 0.950 bits per heavy atom. The highest BCUT2D eigenvalue weighted by molar-refractivity contribution is 6.30. The van der Waals surface area contributed by atoms with E-state index in [2.05, 4.69) is 0 Å². The fraction of sp³-hybridized carbons (Fsp3) is 0.143. The molecule has 0 heterocycles. The van der Waals surface area contributed by atoms with E-state index in [-0.39, 0.29) is 22.6 Å². The van der Waals surface area contributed by atoms with E-state index in [9.17, 15) is 22.7 Å². The number of benzene rings is 2. The molecule has 2 aromatic carbocycles. The quantitative estimate of drug-likeness (QED) is 0.666. The second-order valence-electron chi connectivity index (χ2n) is 4.25. The largest absolute Gasteiger partial charge is 0.388 e. The predicted molar refractivity (Wildman–Crippen MR) is 66.4 cm³/mol. The second kappa shape index (κ2) is 5.81. The molecule has 0 aliphatic heterocycles. The summed E-state index contributed by atoms with van der Waals surface area (Å²) in [6.07, 6.45) is -1.58. The highest BCUT2D eigenvalue weighted by atomic mass is 35.5. The summed E-state index contributed by atoms with van der Waals surface area (Å²) in [5.74, 6) is -5.07. The van der Waals surface area contributed by atoms with Gasteiger partial charge in [0.25, 0.3) is 0 Å². The van der Waals surface area contributed by atoms with Crippen molar-refractivity contribution in [2.75, 3.05) is 0 Å². The van der Waals surface area contributed by atoms with E-state index in [0.29, 0.717) is 12.1 Å². The van der Waals surface area contributed by atoms with Gasteiger partial charge in [0.1, 0.15) is 5.82 Å². The summed E-state index contributed by atoms with van der Waals surface area (Å²) in [4.78, 5) is 0. The maximum absolute atomic E-state index is 13.5. The van der Waals surface area contributed by atoms with E-state index in [1.54, 1.807) is 0 Å². The maximum Gasteiger partial charge on any atom is 0.194 e. The molecule has 0 amide bonds. The first-order valence-corrected chi connectivity index (χ1v) is 6.02. The van der Waals surface area contributed by atoms with Crippen LogP contribution in [0.2, 0.25) is 5.02 Å². The molecule has 1 nitrogen and oxygen atoms in total. The molecule has 0 aliphatic rings. The SMILES string of the molecule is OC(Cc1ccc(Cl)cc1F)c1cc(F)c(F)c(F)c1. The molecule has 20 heavy (non-hydrogen) atoms. The van der Waals surface area contributed by atoms with Gasteiger partial charge in [0.15, 0.2) is 17.5 Å². The number of aliphatic hydroxyl groups excluding tert-OH is 1. The van der Waals surface area contributed by atoms with E-state index in [4.69, 9.17) is 11.6 Å². The Hall–Kier alpha value is -1.59. The van der Waals surface area contributed by atoms with E-state index < -0.39 is 29.4 Å². The van der Waals surface area contributed by atoms with Crippen LogP contribution in [0.25, 0.3) is 0 Å². The Kier molecular flexibility index (Phi) is 4.30. The van der Waals surface area contributed by atoms with E-state index >= 15 is 0 Å². The zero-order valence-corrected chi connectivity index (χ0v) is 10.8. The predicted octanol–water partition coefficient (Wildman–Crippen LogP) is 4.17. The van der Waals surface area contributed by atoms with Crippen LogP contribution in [0, 0.1) is 23.3 Å². The Morgan fingerprint density at radius 3 is 2.10 bits per heavy atom. The first-order valence-electron chi connectivity index (χ1n) is 5.65. The third-order valence-corrected chi connectivity index (χ3v) is 3.05. The smallest absolute Gasteiger partial charge is 0.194 e. The van der Waals surface area contributed by atoms with Gasteiger partial charge in [0.2, 0.25) is 0 Å². The van der Waals surface area contributed by atoms with Crippen molar-refractivity contribution in [2.45, 2.75) is 12.5 Å². The normalized spacial score (nSPS) is 12.5. The lowest BCUT2D eigenvalue weighted by Crippen LogP contribution is -2.06. The average molecular weight is 305 g/mol. The summed E-state index contributed by atoms with van der Waals surface area (Å²) in [6, 6.07) is 5.21. The van der Waals surface area contributed by atoms with Crippen molar-refractivity contribution >= 4 is 11.6 Å². The molecule has 0 fully saturated rings. The maximum atomic E-state index is 13.5. The van der Waals surface area contributed by atoms with Gasteiger partial charge in [-0.2, -0.15) is 0 Å². The van der Waals surface area contributed by atoms with Crippen molar-refractivity contribution in [3.63, 3.8) is 0 Å². The number of aliphatic hydroxyl groups is 1. The zero-order chi connectivity index (χ0) is 14.9. The topological polar surface area (TPSA) is 20.2 Å². The van der Waals surface area contributed by atoms with Gasteiger partial charge in [-0.1, -0.05) is 17.7 Å². The molecule has 0 radical (unpaired) electrons. The van der Waals surface area contributed by atoms with E-state index in [1.165, 1.54) is 12.1 Å². The molecule has 0 aromatic heterocycles. The van der Waals surface area contributed by atoms with Crippen LogP contribution >= 0.6 is 11.6 Å². The van der Waals surface area contributed by atoms with Crippen LogP contribution in [0.15, 0.2) is 30.3 Å². The van der Waals surface area contributed by atoms with Crippen molar-refractivity contribution in [3.05, 3.63) is 69.8 Å². The molecule has 106 valence electrons. The minimum Gasteiger partial charge on any atom is -0.388 e. The average Bonchev–Trinajstić information content (AvgIpc) is 2.38. The van der Waals surface area contributed by atoms with Crippen molar-refractivity contribution in [3.8, 4) is 0 Å². The summed E-state index contributed by atoms with van der Waals surface area (Å²) in [7, 11) is 0. The lowest BCUT2D eigenvalue weighted by atomic mass is 10.0. The van der Waals surface area contributed by atoms with Gasteiger partial charge in [-0.3, -0.25) is 0 Å². The van der Waals surface area contributed by atoms with Gasteiger partial charge in [0.05, 0.1) is 6.10 Å². The fourth-order valence-corrected chi connectivity index (χ4v) is 1.94. The Labute approximate surface area is 117 Å². The number of hydrogen-bond acceptors (Lipinski definition) is 1. The van der Waals surface area contributed by atoms with Crippen LogP contribution in [-0.4, -0.2) is 5.11 Å². The van der Waals surface area contributed by atoms with E-state index in [1.807, 2.05) is 0 Å². The highest BCUT2D eigenvalue weighted by Crippen LogP contribution is 2.24. The molecule has 2 rings (SSSR count).